The fourth-order valence-corrected chi connectivity index (χ4v) is 1.86. The Morgan fingerprint density at radius 2 is 2.06 bits per heavy atom. The van der Waals surface area contributed by atoms with E-state index in [1.165, 1.54) is 12.7 Å². The maximum Gasteiger partial charge on any atom is 0.305 e. The Labute approximate surface area is 113 Å². The maximum absolute atomic E-state index is 10.9. The smallest absolute Gasteiger partial charge is 0.305 e. The summed E-state index contributed by atoms with van der Waals surface area (Å²) in [6.45, 7) is 2.95. The normalized spacial score (nSPS) is 12.2. The van der Waals surface area contributed by atoms with Crippen LogP contribution in [0.3, 0.4) is 0 Å². The summed E-state index contributed by atoms with van der Waals surface area (Å²) in [4.78, 5) is 10.9. The molecule has 1 aromatic rings. The van der Waals surface area contributed by atoms with Gasteiger partial charge < -0.3 is 10.1 Å². The summed E-state index contributed by atoms with van der Waals surface area (Å²) < 4.78 is 4.58. The first-order valence-electron chi connectivity index (χ1n) is 6.16. The molecule has 0 aromatic heterocycles. The lowest BCUT2D eigenvalue weighted by Crippen LogP contribution is -2.29. The van der Waals surface area contributed by atoms with E-state index in [2.05, 4.69) is 17.0 Å². The summed E-state index contributed by atoms with van der Waals surface area (Å²) in [5, 5.41) is 4.15. The Hall–Kier alpha value is -1.06. The number of ether oxygens (including phenoxy) is 1. The second kappa shape index (κ2) is 8.11. The molecule has 0 radical (unpaired) electrons. The second-order valence-electron chi connectivity index (χ2n) is 4.37. The quantitative estimate of drug-likeness (QED) is 0.611. The Morgan fingerprint density at radius 3 is 2.67 bits per heavy atom. The molecule has 0 heterocycles. The number of hydrogen-bond donors (Lipinski definition) is 1. The van der Waals surface area contributed by atoms with Crippen molar-refractivity contribution in [2.24, 2.45) is 0 Å². The van der Waals surface area contributed by atoms with E-state index in [1.54, 1.807) is 0 Å². The number of rotatable bonds is 7. The van der Waals surface area contributed by atoms with Crippen molar-refractivity contribution in [1.82, 2.24) is 5.32 Å². The van der Waals surface area contributed by atoms with Crippen LogP contribution >= 0.6 is 11.6 Å². The molecular formula is C14H20ClNO2. The minimum absolute atomic E-state index is 0.151. The van der Waals surface area contributed by atoms with Crippen molar-refractivity contribution in [2.45, 2.75) is 32.2 Å². The minimum atomic E-state index is -0.151. The average Bonchev–Trinajstić information content (AvgIpc) is 2.37. The highest BCUT2D eigenvalue weighted by molar-refractivity contribution is 6.30. The SMILES string of the molecule is COC(=O)CCCNC(C)Cc1ccc(Cl)cc1. The van der Waals surface area contributed by atoms with E-state index in [0.29, 0.717) is 12.5 Å². The highest BCUT2D eigenvalue weighted by atomic mass is 35.5. The number of halogens is 1. The van der Waals surface area contributed by atoms with Gasteiger partial charge in [-0.3, -0.25) is 4.79 Å². The van der Waals surface area contributed by atoms with Crippen LogP contribution in [-0.4, -0.2) is 25.7 Å². The van der Waals surface area contributed by atoms with Gasteiger partial charge in [-0.1, -0.05) is 23.7 Å². The predicted molar refractivity (Wildman–Crippen MR) is 73.9 cm³/mol. The molecule has 0 spiro atoms. The van der Waals surface area contributed by atoms with E-state index in [9.17, 15) is 4.79 Å². The summed E-state index contributed by atoms with van der Waals surface area (Å²) >= 11 is 5.83. The van der Waals surface area contributed by atoms with Gasteiger partial charge in [-0.15, -0.1) is 0 Å². The third-order valence-electron chi connectivity index (χ3n) is 2.73. The van der Waals surface area contributed by atoms with Crippen LogP contribution < -0.4 is 5.32 Å². The fraction of sp³-hybridized carbons (Fsp3) is 0.500. The number of hydrogen-bond acceptors (Lipinski definition) is 3. The van der Waals surface area contributed by atoms with Gasteiger partial charge in [0.15, 0.2) is 0 Å². The van der Waals surface area contributed by atoms with Crippen LogP contribution in [0.5, 0.6) is 0 Å². The Balaban J connectivity index is 2.19. The van der Waals surface area contributed by atoms with Gasteiger partial charge in [0.2, 0.25) is 0 Å². The van der Waals surface area contributed by atoms with Crippen molar-refractivity contribution in [3.05, 3.63) is 34.9 Å². The molecule has 1 rings (SSSR count). The lowest BCUT2D eigenvalue weighted by atomic mass is 10.1. The second-order valence-corrected chi connectivity index (χ2v) is 4.80. The molecule has 100 valence electrons. The summed E-state index contributed by atoms with van der Waals surface area (Å²) in [5.41, 5.74) is 1.26. The minimum Gasteiger partial charge on any atom is -0.469 e. The highest BCUT2D eigenvalue weighted by Gasteiger charge is 2.04. The summed E-state index contributed by atoms with van der Waals surface area (Å²) in [6, 6.07) is 8.26. The Kier molecular flexibility index (Phi) is 6.76. The molecule has 0 bridgehead atoms. The lowest BCUT2D eigenvalue weighted by molar-refractivity contribution is -0.140. The van der Waals surface area contributed by atoms with Gasteiger partial charge in [-0.05, 0) is 44.0 Å². The molecule has 1 unspecified atom stereocenters. The fourth-order valence-electron chi connectivity index (χ4n) is 1.73. The number of carbonyl (C=O) groups excluding carboxylic acids is 1. The summed E-state index contributed by atoms with van der Waals surface area (Å²) in [5.74, 6) is -0.151. The van der Waals surface area contributed by atoms with Crippen molar-refractivity contribution >= 4 is 17.6 Å². The summed E-state index contributed by atoms with van der Waals surface area (Å²) in [7, 11) is 1.42. The van der Waals surface area contributed by atoms with Crippen molar-refractivity contribution in [3.63, 3.8) is 0 Å². The molecule has 0 aliphatic heterocycles. The molecule has 0 aliphatic carbocycles. The van der Waals surface area contributed by atoms with Crippen LogP contribution in [0.2, 0.25) is 5.02 Å². The van der Waals surface area contributed by atoms with Crippen LogP contribution in [0.1, 0.15) is 25.3 Å². The van der Waals surface area contributed by atoms with Crippen molar-refractivity contribution < 1.29 is 9.53 Å². The third kappa shape index (κ3) is 6.03. The van der Waals surface area contributed by atoms with Crippen LogP contribution in [0, 0.1) is 0 Å². The molecule has 0 aliphatic rings. The summed E-state index contributed by atoms with van der Waals surface area (Å²) in [6.07, 6.45) is 2.23. The van der Waals surface area contributed by atoms with Gasteiger partial charge in [-0.2, -0.15) is 0 Å². The van der Waals surface area contributed by atoms with Gasteiger partial charge in [0.1, 0.15) is 0 Å². The van der Waals surface area contributed by atoms with E-state index >= 15 is 0 Å². The molecular weight excluding hydrogens is 250 g/mol. The molecule has 0 amide bonds. The zero-order chi connectivity index (χ0) is 13.4. The van der Waals surface area contributed by atoms with E-state index in [-0.39, 0.29) is 5.97 Å². The molecule has 3 nitrogen and oxygen atoms in total. The highest BCUT2D eigenvalue weighted by Crippen LogP contribution is 2.11. The van der Waals surface area contributed by atoms with Crippen molar-refractivity contribution in [1.29, 1.82) is 0 Å². The Morgan fingerprint density at radius 1 is 1.39 bits per heavy atom. The standard InChI is InChI=1S/C14H20ClNO2/c1-11(16-9-3-4-14(17)18-2)10-12-5-7-13(15)8-6-12/h5-8,11,16H,3-4,9-10H2,1-2H3. The van der Waals surface area contributed by atoms with Gasteiger partial charge >= 0.3 is 5.97 Å². The number of carbonyl (C=O) groups is 1. The number of methoxy groups -OCH3 is 1. The first kappa shape index (κ1) is 15.0. The van der Waals surface area contributed by atoms with Gasteiger partial charge in [0.05, 0.1) is 7.11 Å². The van der Waals surface area contributed by atoms with Crippen LogP contribution in [0.15, 0.2) is 24.3 Å². The first-order chi connectivity index (χ1) is 8.61. The average molecular weight is 270 g/mol. The third-order valence-corrected chi connectivity index (χ3v) is 2.99. The van der Waals surface area contributed by atoms with E-state index < -0.39 is 0 Å². The van der Waals surface area contributed by atoms with Gasteiger partial charge in [-0.25, -0.2) is 0 Å². The largest absolute Gasteiger partial charge is 0.469 e. The molecule has 1 N–H and O–H groups in total. The van der Waals surface area contributed by atoms with E-state index in [0.717, 1.165) is 24.4 Å². The predicted octanol–water partition coefficient (Wildman–Crippen LogP) is 2.81. The molecule has 0 saturated carbocycles. The van der Waals surface area contributed by atoms with Crippen LogP contribution in [0.25, 0.3) is 0 Å². The molecule has 1 atom stereocenters. The topological polar surface area (TPSA) is 38.3 Å². The van der Waals surface area contributed by atoms with Gasteiger partial charge in [0.25, 0.3) is 0 Å². The maximum atomic E-state index is 10.9. The monoisotopic (exact) mass is 269 g/mol. The van der Waals surface area contributed by atoms with E-state index in [4.69, 9.17) is 11.6 Å². The first-order valence-corrected chi connectivity index (χ1v) is 6.54. The van der Waals surface area contributed by atoms with Crippen LogP contribution in [-0.2, 0) is 16.0 Å². The molecule has 0 fully saturated rings. The van der Waals surface area contributed by atoms with Crippen LogP contribution in [0.4, 0.5) is 0 Å². The zero-order valence-corrected chi connectivity index (χ0v) is 11.7. The Bertz CT molecular complexity index is 365. The van der Waals surface area contributed by atoms with Crippen molar-refractivity contribution in [2.75, 3.05) is 13.7 Å². The molecule has 18 heavy (non-hydrogen) atoms. The molecule has 4 heteroatoms. The lowest BCUT2D eigenvalue weighted by Gasteiger charge is -2.13. The molecule has 0 saturated heterocycles. The zero-order valence-electron chi connectivity index (χ0n) is 10.9. The van der Waals surface area contributed by atoms with E-state index in [1.807, 2.05) is 24.3 Å². The number of benzene rings is 1. The van der Waals surface area contributed by atoms with Gasteiger partial charge in [0, 0.05) is 17.5 Å². The molecule has 1 aromatic carbocycles. The van der Waals surface area contributed by atoms with Crippen molar-refractivity contribution in [3.8, 4) is 0 Å². The number of esters is 1. The number of nitrogens with one attached hydrogen (secondary N) is 1.